The van der Waals surface area contributed by atoms with Crippen LogP contribution in [0, 0.1) is 5.92 Å². The Balaban J connectivity index is 1.94. The maximum absolute atomic E-state index is 12.1. The van der Waals surface area contributed by atoms with Gasteiger partial charge >= 0.3 is 5.97 Å². The van der Waals surface area contributed by atoms with Gasteiger partial charge in [0.2, 0.25) is 0 Å². The van der Waals surface area contributed by atoms with Gasteiger partial charge in [0, 0.05) is 23.0 Å². The van der Waals surface area contributed by atoms with Crippen molar-refractivity contribution < 1.29 is 19.4 Å². The molecule has 1 N–H and O–H groups in total. The van der Waals surface area contributed by atoms with E-state index in [-0.39, 0.29) is 28.8 Å². The number of ether oxygens (including phenoxy) is 2. The number of methoxy groups -OCH3 is 1. The lowest BCUT2D eigenvalue weighted by atomic mass is 9.66. The number of rotatable bonds is 7. The molecule has 1 aromatic rings. The first-order chi connectivity index (χ1) is 14.1. The van der Waals surface area contributed by atoms with Crippen LogP contribution < -0.4 is 4.74 Å². The number of hydrogen-bond acceptors (Lipinski definition) is 4. The van der Waals surface area contributed by atoms with Crippen LogP contribution in [-0.2, 0) is 14.9 Å². The molecule has 0 fully saturated rings. The summed E-state index contributed by atoms with van der Waals surface area (Å²) in [5, 5.41) is 11.1. The molecule has 0 spiro atoms. The zero-order valence-corrected chi connectivity index (χ0v) is 19.5. The number of allylic oxidation sites excluding steroid dienone is 1. The second-order valence-corrected chi connectivity index (χ2v) is 10.2. The number of aromatic hydroxyl groups is 1. The average molecular weight is 415 g/mol. The summed E-state index contributed by atoms with van der Waals surface area (Å²) in [5.74, 6) is 1.04. The maximum atomic E-state index is 12.1. The van der Waals surface area contributed by atoms with Gasteiger partial charge in [0.15, 0.2) is 0 Å². The summed E-state index contributed by atoms with van der Waals surface area (Å²) in [6.07, 6.45) is 9.30. The molecule has 4 heteroatoms. The van der Waals surface area contributed by atoms with E-state index in [9.17, 15) is 9.90 Å². The van der Waals surface area contributed by atoms with Crippen LogP contribution in [0.1, 0.15) is 96.6 Å². The summed E-state index contributed by atoms with van der Waals surface area (Å²) in [4.78, 5) is 12.1. The quantitative estimate of drug-likeness (QED) is 0.414. The smallest absolute Gasteiger partial charge is 0.333 e. The van der Waals surface area contributed by atoms with E-state index in [0.29, 0.717) is 17.7 Å². The lowest BCUT2D eigenvalue weighted by Gasteiger charge is -2.47. The van der Waals surface area contributed by atoms with Crippen molar-refractivity contribution in [3.05, 3.63) is 34.9 Å². The van der Waals surface area contributed by atoms with Gasteiger partial charge in [-0.1, -0.05) is 52.5 Å². The van der Waals surface area contributed by atoms with E-state index < -0.39 is 0 Å². The summed E-state index contributed by atoms with van der Waals surface area (Å²) in [7, 11) is 1.42. The molecule has 0 aromatic heterocycles. The number of esters is 1. The predicted molar refractivity (Wildman–Crippen MR) is 120 cm³/mol. The van der Waals surface area contributed by atoms with Crippen molar-refractivity contribution in [2.24, 2.45) is 5.92 Å². The summed E-state index contributed by atoms with van der Waals surface area (Å²) >= 11 is 0. The molecule has 1 aromatic carbocycles. The minimum atomic E-state index is -0.369. The number of hydrogen-bond donors (Lipinski definition) is 1. The number of unbranched alkanes of at least 4 members (excludes halogenated alkanes) is 3. The topological polar surface area (TPSA) is 55.8 Å². The molecule has 0 amide bonds. The van der Waals surface area contributed by atoms with E-state index >= 15 is 0 Å². The highest BCUT2D eigenvalue weighted by Gasteiger charge is 2.47. The first-order valence-electron chi connectivity index (χ1n) is 11.4. The predicted octanol–water partition coefficient (Wildman–Crippen LogP) is 6.40. The Labute approximate surface area is 181 Å². The van der Waals surface area contributed by atoms with Crippen LogP contribution in [-0.4, -0.2) is 23.8 Å². The van der Waals surface area contributed by atoms with E-state index in [1.807, 2.05) is 12.1 Å². The summed E-state index contributed by atoms with van der Waals surface area (Å²) < 4.78 is 11.4. The lowest BCUT2D eigenvalue weighted by molar-refractivity contribution is -0.136. The van der Waals surface area contributed by atoms with E-state index in [2.05, 4.69) is 40.7 Å². The molecule has 30 heavy (non-hydrogen) atoms. The van der Waals surface area contributed by atoms with Gasteiger partial charge in [0.25, 0.3) is 0 Å². The molecule has 2 aliphatic rings. The summed E-state index contributed by atoms with van der Waals surface area (Å²) in [6.45, 7) is 10.9. The Morgan fingerprint density at radius 3 is 2.67 bits per heavy atom. The second-order valence-electron chi connectivity index (χ2n) is 10.2. The van der Waals surface area contributed by atoms with Gasteiger partial charge in [-0.25, -0.2) is 4.79 Å². The number of benzene rings is 1. The highest BCUT2D eigenvalue weighted by molar-refractivity contribution is 5.88. The Morgan fingerprint density at radius 2 is 2.00 bits per heavy atom. The third-order valence-corrected chi connectivity index (χ3v) is 7.19. The third kappa shape index (κ3) is 4.38. The number of phenolic OH excluding ortho intramolecular Hbond substituents is 1. The highest BCUT2D eigenvalue weighted by atomic mass is 16.5. The number of phenols is 1. The Hall–Kier alpha value is -1.97. The third-order valence-electron chi connectivity index (χ3n) is 7.19. The van der Waals surface area contributed by atoms with E-state index in [1.165, 1.54) is 32.8 Å². The van der Waals surface area contributed by atoms with E-state index in [4.69, 9.17) is 9.47 Å². The highest BCUT2D eigenvalue weighted by Crippen LogP contribution is 2.55. The van der Waals surface area contributed by atoms with Crippen LogP contribution in [0.4, 0.5) is 0 Å². The monoisotopic (exact) mass is 414 g/mol. The molecule has 0 saturated carbocycles. The van der Waals surface area contributed by atoms with Crippen LogP contribution in [0.5, 0.6) is 11.5 Å². The number of fused-ring (bicyclic) bond motifs is 3. The normalized spacial score (nSPS) is 22.4. The number of carbonyl (C=O) groups excluding carboxylic acids is 1. The van der Waals surface area contributed by atoms with Crippen LogP contribution in [0.2, 0.25) is 0 Å². The maximum Gasteiger partial charge on any atom is 0.333 e. The first kappa shape index (κ1) is 22.7. The van der Waals surface area contributed by atoms with E-state index in [1.54, 1.807) is 0 Å². The fraction of sp³-hybridized carbons (Fsp3) is 0.654. The summed E-state index contributed by atoms with van der Waals surface area (Å²) in [5.41, 5.74) is 2.26. The van der Waals surface area contributed by atoms with Gasteiger partial charge in [0.1, 0.15) is 17.1 Å². The summed E-state index contributed by atoms with van der Waals surface area (Å²) in [6, 6.07) is 4.05. The van der Waals surface area contributed by atoms with Crippen molar-refractivity contribution in [2.75, 3.05) is 7.11 Å². The standard InChI is InChI=1S/C26H38O4/c1-7-8-9-10-13-25(2,3)18-15-21(27)23-19-14-17(24(28)29-6)11-12-20(19)26(4,5)30-22(23)16-18/h11,15-16,19-20,27H,7-10,12-14H2,1-6H3/t19-,20-/m1/s1. The minimum Gasteiger partial charge on any atom is -0.508 e. The first-order valence-corrected chi connectivity index (χ1v) is 11.4. The number of carbonyl (C=O) groups is 1. The lowest BCUT2D eigenvalue weighted by Crippen LogP contribution is -2.46. The SMILES string of the molecule is CCCCCCC(C)(C)c1cc(O)c2c(c1)OC(C)(C)[C@@H]1CC=C(C(=O)OC)C[C@@H]21. The molecule has 1 heterocycles. The molecule has 0 saturated heterocycles. The molecule has 3 rings (SSSR count). The van der Waals surface area contributed by atoms with Crippen molar-refractivity contribution in [1.29, 1.82) is 0 Å². The molecule has 1 aliphatic carbocycles. The van der Waals surface area contributed by atoms with Crippen LogP contribution in [0.3, 0.4) is 0 Å². The van der Waals surface area contributed by atoms with Gasteiger partial charge in [-0.3, -0.25) is 0 Å². The van der Waals surface area contributed by atoms with Crippen molar-refractivity contribution in [1.82, 2.24) is 0 Å². The molecular formula is C26H38O4. The van der Waals surface area contributed by atoms with Gasteiger partial charge in [-0.15, -0.1) is 0 Å². The van der Waals surface area contributed by atoms with Gasteiger partial charge in [-0.2, -0.15) is 0 Å². The van der Waals surface area contributed by atoms with Crippen molar-refractivity contribution in [2.45, 2.75) is 96.5 Å². The zero-order valence-electron chi connectivity index (χ0n) is 19.5. The Bertz CT molecular complexity index is 819. The molecular weight excluding hydrogens is 376 g/mol. The fourth-order valence-corrected chi connectivity index (χ4v) is 5.22. The molecule has 166 valence electrons. The Kier molecular flexibility index (Phi) is 6.54. The molecule has 4 nitrogen and oxygen atoms in total. The van der Waals surface area contributed by atoms with Crippen molar-refractivity contribution in [3.63, 3.8) is 0 Å². The molecule has 0 radical (unpaired) electrons. The van der Waals surface area contributed by atoms with Crippen LogP contribution in [0.15, 0.2) is 23.8 Å². The van der Waals surface area contributed by atoms with Crippen molar-refractivity contribution in [3.8, 4) is 11.5 Å². The molecule has 1 aliphatic heterocycles. The minimum absolute atomic E-state index is 0.0335. The largest absolute Gasteiger partial charge is 0.508 e. The molecule has 0 bridgehead atoms. The van der Waals surface area contributed by atoms with Gasteiger partial charge in [0.05, 0.1) is 7.11 Å². The average Bonchev–Trinajstić information content (AvgIpc) is 2.69. The van der Waals surface area contributed by atoms with E-state index in [0.717, 1.165) is 29.7 Å². The van der Waals surface area contributed by atoms with Gasteiger partial charge < -0.3 is 14.6 Å². The molecule has 2 atom stereocenters. The molecule has 0 unspecified atom stereocenters. The van der Waals surface area contributed by atoms with Crippen molar-refractivity contribution >= 4 is 5.97 Å². The van der Waals surface area contributed by atoms with Gasteiger partial charge in [-0.05, 0) is 56.2 Å². The second kappa shape index (κ2) is 8.64. The van der Waals surface area contributed by atoms with Crippen LogP contribution in [0.25, 0.3) is 0 Å². The Morgan fingerprint density at radius 1 is 1.27 bits per heavy atom. The zero-order chi connectivity index (χ0) is 22.1. The van der Waals surface area contributed by atoms with Crippen LogP contribution >= 0.6 is 0 Å². The fourth-order valence-electron chi connectivity index (χ4n) is 5.22.